The molecule has 3 rings (SSSR count). The molecule has 2 aliphatic rings. The van der Waals surface area contributed by atoms with Gasteiger partial charge in [0.25, 0.3) is 0 Å². The maximum absolute atomic E-state index is 12.2. The largest absolute Gasteiger partial charge is 0.494 e. The minimum absolute atomic E-state index is 0.0914. The third-order valence-electron chi connectivity index (χ3n) is 4.57. The van der Waals surface area contributed by atoms with Crippen molar-refractivity contribution in [3.63, 3.8) is 0 Å². The molecule has 1 aliphatic heterocycles. The molecular weight excluding hydrogens is 306 g/mol. The lowest BCUT2D eigenvalue weighted by Gasteiger charge is -2.40. The molecule has 6 nitrogen and oxygen atoms in total. The second kappa shape index (κ2) is 7.55. The summed E-state index contributed by atoms with van der Waals surface area (Å²) < 4.78 is 5.52. The van der Waals surface area contributed by atoms with Gasteiger partial charge in [0.1, 0.15) is 5.75 Å². The van der Waals surface area contributed by atoms with E-state index in [9.17, 15) is 9.59 Å². The fourth-order valence-electron chi connectivity index (χ4n) is 2.78. The van der Waals surface area contributed by atoms with Gasteiger partial charge in [0.15, 0.2) is 0 Å². The third kappa shape index (κ3) is 3.99. The van der Waals surface area contributed by atoms with E-state index in [-0.39, 0.29) is 23.9 Å². The Morgan fingerprint density at radius 2 is 1.92 bits per heavy atom. The highest BCUT2D eigenvalue weighted by Gasteiger charge is 2.34. The molecule has 1 saturated carbocycles. The average molecular weight is 331 g/mol. The summed E-state index contributed by atoms with van der Waals surface area (Å²) >= 11 is 0. The van der Waals surface area contributed by atoms with Crippen LogP contribution >= 0.6 is 0 Å². The van der Waals surface area contributed by atoms with Crippen LogP contribution in [0, 0.1) is 5.92 Å². The van der Waals surface area contributed by atoms with E-state index in [2.05, 4.69) is 17.6 Å². The zero-order chi connectivity index (χ0) is 16.9. The topological polar surface area (TPSA) is 70.7 Å². The number of hydrogen-bond acceptors (Lipinski definition) is 3. The Hall–Kier alpha value is -2.24. The standard InChI is InChI=1S/C18H25N3O3/c1-2-10-24-16-8-6-14(7-9-16)20-18(23)21-11-15(12-21)19-17(22)13-4-3-5-13/h6-9,13,15H,2-5,10-12H2,1H3,(H,19,22)(H,20,23). The number of urea groups is 1. The Morgan fingerprint density at radius 1 is 1.21 bits per heavy atom. The number of nitrogens with one attached hydrogen (secondary N) is 2. The van der Waals surface area contributed by atoms with Gasteiger partial charge in [0.2, 0.25) is 5.91 Å². The molecule has 3 amide bonds. The molecule has 2 fully saturated rings. The van der Waals surface area contributed by atoms with Crippen molar-refractivity contribution >= 4 is 17.6 Å². The number of rotatable bonds is 6. The molecule has 0 atom stereocenters. The van der Waals surface area contributed by atoms with Gasteiger partial charge < -0.3 is 20.3 Å². The Morgan fingerprint density at radius 3 is 2.50 bits per heavy atom. The summed E-state index contributed by atoms with van der Waals surface area (Å²) in [6.07, 6.45) is 4.12. The lowest BCUT2D eigenvalue weighted by molar-refractivity contribution is -0.129. The fourth-order valence-corrected chi connectivity index (χ4v) is 2.78. The highest BCUT2D eigenvalue weighted by Crippen LogP contribution is 2.26. The van der Waals surface area contributed by atoms with Crippen molar-refractivity contribution in [2.24, 2.45) is 5.92 Å². The summed E-state index contributed by atoms with van der Waals surface area (Å²) in [5, 5.41) is 5.88. The molecule has 1 saturated heterocycles. The maximum atomic E-state index is 12.2. The first-order valence-corrected chi connectivity index (χ1v) is 8.75. The van der Waals surface area contributed by atoms with Crippen LogP contribution in [0.25, 0.3) is 0 Å². The number of benzene rings is 1. The molecule has 1 aliphatic carbocycles. The van der Waals surface area contributed by atoms with E-state index in [0.717, 1.165) is 37.1 Å². The van der Waals surface area contributed by atoms with Crippen molar-refractivity contribution in [1.82, 2.24) is 10.2 Å². The SMILES string of the molecule is CCCOc1ccc(NC(=O)N2CC(NC(=O)C3CCC3)C2)cc1. The monoisotopic (exact) mass is 331 g/mol. The number of carbonyl (C=O) groups is 2. The van der Waals surface area contributed by atoms with Gasteiger partial charge in [-0.3, -0.25) is 4.79 Å². The Labute approximate surface area is 142 Å². The van der Waals surface area contributed by atoms with Crippen LogP contribution in [0.15, 0.2) is 24.3 Å². The second-order valence-electron chi connectivity index (χ2n) is 6.54. The van der Waals surface area contributed by atoms with E-state index >= 15 is 0 Å². The van der Waals surface area contributed by atoms with E-state index in [1.54, 1.807) is 4.90 Å². The maximum Gasteiger partial charge on any atom is 0.321 e. The quantitative estimate of drug-likeness (QED) is 0.842. The van der Waals surface area contributed by atoms with Crippen LogP contribution in [0.3, 0.4) is 0 Å². The predicted molar refractivity (Wildman–Crippen MR) is 92.1 cm³/mol. The minimum atomic E-state index is -0.133. The number of likely N-dealkylation sites (tertiary alicyclic amines) is 1. The summed E-state index contributed by atoms with van der Waals surface area (Å²) in [7, 11) is 0. The molecule has 24 heavy (non-hydrogen) atoms. The number of nitrogens with zero attached hydrogens (tertiary/aromatic N) is 1. The zero-order valence-electron chi connectivity index (χ0n) is 14.1. The third-order valence-corrected chi connectivity index (χ3v) is 4.57. The van der Waals surface area contributed by atoms with Crippen molar-refractivity contribution in [1.29, 1.82) is 0 Å². The van der Waals surface area contributed by atoms with Crippen LogP contribution in [-0.4, -0.2) is 42.6 Å². The highest BCUT2D eigenvalue weighted by atomic mass is 16.5. The lowest BCUT2D eigenvalue weighted by atomic mass is 9.84. The number of hydrogen-bond donors (Lipinski definition) is 2. The zero-order valence-corrected chi connectivity index (χ0v) is 14.1. The molecule has 0 radical (unpaired) electrons. The van der Waals surface area contributed by atoms with E-state index < -0.39 is 0 Å². The van der Waals surface area contributed by atoms with Gasteiger partial charge in [-0.05, 0) is 43.5 Å². The van der Waals surface area contributed by atoms with Crippen LogP contribution < -0.4 is 15.4 Å². The van der Waals surface area contributed by atoms with Crippen LogP contribution in [-0.2, 0) is 4.79 Å². The molecule has 0 bridgehead atoms. The van der Waals surface area contributed by atoms with Crippen molar-refractivity contribution in [3.8, 4) is 5.75 Å². The Kier molecular flexibility index (Phi) is 5.23. The predicted octanol–water partition coefficient (Wildman–Crippen LogP) is 2.61. The van der Waals surface area contributed by atoms with Gasteiger partial charge in [0, 0.05) is 24.7 Å². The van der Waals surface area contributed by atoms with Gasteiger partial charge in [-0.15, -0.1) is 0 Å². The number of amides is 3. The lowest BCUT2D eigenvalue weighted by Crippen LogP contribution is -2.62. The Bertz CT molecular complexity index is 578. The smallest absolute Gasteiger partial charge is 0.321 e. The number of ether oxygens (including phenoxy) is 1. The molecule has 0 unspecified atom stereocenters. The first-order valence-electron chi connectivity index (χ1n) is 8.75. The van der Waals surface area contributed by atoms with E-state index in [1.165, 1.54) is 0 Å². The Balaban J connectivity index is 1.39. The van der Waals surface area contributed by atoms with E-state index in [4.69, 9.17) is 4.74 Å². The highest BCUT2D eigenvalue weighted by molar-refractivity contribution is 5.90. The van der Waals surface area contributed by atoms with Crippen LogP contribution in [0.2, 0.25) is 0 Å². The van der Waals surface area contributed by atoms with Crippen LogP contribution in [0.4, 0.5) is 10.5 Å². The first kappa shape index (κ1) is 16.6. The van der Waals surface area contributed by atoms with Gasteiger partial charge in [0.05, 0.1) is 12.6 Å². The van der Waals surface area contributed by atoms with Gasteiger partial charge in [-0.1, -0.05) is 13.3 Å². The fraction of sp³-hybridized carbons (Fsp3) is 0.556. The normalized spacial score (nSPS) is 17.6. The van der Waals surface area contributed by atoms with Crippen molar-refractivity contribution in [3.05, 3.63) is 24.3 Å². The summed E-state index contributed by atoms with van der Waals surface area (Å²) in [6.45, 7) is 3.89. The number of anilines is 1. The van der Waals surface area contributed by atoms with Gasteiger partial charge >= 0.3 is 6.03 Å². The van der Waals surface area contributed by atoms with Gasteiger partial charge in [-0.2, -0.15) is 0 Å². The van der Waals surface area contributed by atoms with Crippen LogP contribution in [0.5, 0.6) is 5.75 Å². The first-order chi connectivity index (χ1) is 11.7. The van der Waals surface area contributed by atoms with Crippen LogP contribution in [0.1, 0.15) is 32.6 Å². The summed E-state index contributed by atoms with van der Waals surface area (Å²) in [4.78, 5) is 25.7. The number of carbonyl (C=O) groups excluding carboxylic acids is 2. The second-order valence-corrected chi connectivity index (χ2v) is 6.54. The van der Waals surface area contributed by atoms with Crippen molar-refractivity contribution in [2.45, 2.75) is 38.6 Å². The van der Waals surface area contributed by atoms with E-state index in [1.807, 2.05) is 24.3 Å². The molecule has 1 aromatic carbocycles. The van der Waals surface area contributed by atoms with Crippen molar-refractivity contribution in [2.75, 3.05) is 25.0 Å². The van der Waals surface area contributed by atoms with Gasteiger partial charge in [-0.25, -0.2) is 4.79 Å². The molecular formula is C18H25N3O3. The molecule has 1 aromatic rings. The molecule has 1 heterocycles. The summed E-state index contributed by atoms with van der Waals surface area (Å²) in [5.41, 5.74) is 0.741. The summed E-state index contributed by atoms with van der Waals surface area (Å²) in [5.74, 6) is 1.15. The molecule has 130 valence electrons. The summed E-state index contributed by atoms with van der Waals surface area (Å²) in [6, 6.07) is 7.32. The molecule has 2 N–H and O–H groups in total. The van der Waals surface area contributed by atoms with Crippen molar-refractivity contribution < 1.29 is 14.3 Å². The molecule has 0 spiro atoms. The molecule has 6 heteroatoms. The molecule has 0 aromatic heterocycles. The minimum Gasteiger partial charge on any atom is -0.494 e. The average Bonchev–Trinajstić information content (AvgIpc) is 2.48. The van der Waals surface area contributed by atoms with E-state index in [0.29, 0.717) is 19.7 Å².